The zero-order valence-electron chi connectivity index (χ0n) is 10.8. The van der Waals surface area contributed by atoms with Crippen LogP contribution in [0.4, 0.5) is 0 Å². The largest absolute Gasteiger partial charge is 0.489 e. The van der Waals surface area contributed by atoms with E-state index in [0.717, 1.165) is 61.4 Å². The van der Waals surface area contributed by atoms with Gasteiger partial charge in [-0.15, -0.1) is 0 Å². The molecule has 0 aliphatic carbocycles. The third kappa shape index (κ3) is 2.98. The molecule has 1 aromatic carbocycles. The van der Waals surface area contributed by atoms with Crippen LogP contribution in [0.3, 0.4) is 0 Å². The average molecular weight is 314 g/mol. The summed E-state index contributed by atoms with van der Waals surface area (Å²) in [5, 5.41) is 0. The Kier molecular flexibility index (Phi) is 4.89. The van der Waals surface area contributed by atoms with Gasteiger partial charge in [-0.2, -0.15) is 0 Å². The number of ether oxygens (including phenoxy) is 2. The van der Waals surface area contributed by atoms with E-state index in [-0.39, 0.29) is 0 Å². The lowest BCUT2D eigenvalue weighted by Gasteiger charge is -2.16. The summed E-state index contributed by atoms with van der Waals surface area (Å²) in [4.78, 5) is 0. The van der Waals surface area contributed by atoms with Gasteiger partial charge in [0.05, 0.1) is 17.7 Å². The van der Waals surface area contributed by atoms with Gasteiger partial charge in [-0.05, 0) is 65.9 Å². The van der Waals surface area contributed by atoms with Gasteiger partial charge in [0.1, 0.15) is 0 Å². The first-order valence-corrected chi connectivity index (χ1v) is 7.31. The maximum Gasteiger partial charge on any atom is 0.175 e. The summed E-state index contributed by atoms with van der Waals surface area (Å²) in [5.41, 5.74) is 8.06. The quantitative estimate of drug-likeness (QED) is 0.868. The lowest BCUT2D eigenvalue weighted by atomic mass is 10.0. The summed E-state index contributed by atoms with van der Waals surface area (Å²) in [7, 11) is 0. The Morgan fingerprint density at radius 3 is 2.67 bits per heavy atom. The second-order valence-electron chi connectivity index (χ2n) is 4.60. The minimum atomic E-state index is 0.720. The Hall–Kier alpha value is -0.740. The smallest absolute Gasteiger partial charge is 0.175 e. The predicted octanol–water partition coefficient (Wildman–Crippen LogP) is 3.20. The van der Waals surface area contributed by atoms with Gasteiger partial charge in [-0.25, -0.2) is 0 Å². The van der Waals surface area contributed by atoms with E-state index in [2.05, 4.69) is 28.9 Å². The van der Waals surface area contributed by atoms with Gasteiger partial charge in [-0.3, -0.25) is 0 Å². The van der Waals surface area contributed by atoms with Crippen molar-refractivity contribution in [1.29, 1.82) is 0 Å². The molecule has 0 fully saturated rings. The van der Waals surface area contributed by atoms with Crippen molar-refractivity contribution < 1.29 is 9.47 Å². The normalized spacial score (nSPS) is 14.4. The van der Waals surface area contributed by atoms with Crippen molar-refractivity contribution in [1.82, 2.24) is 0 Å². The highest BCUT2D eigenvalue weighted by molar-refractivity contribution is 9.10. The van der Waals surface area contributed by atoms with Gasteiger partial charge in [0.15, 0.2) is 11.5 Å². The fourth-order valence-electron chi connectivity index (χ4n) is 2.19. The van der Waals surface area contributed by atoms with E-state index in [0.29, 0.717) is 0 Å². The number of halogens is 1. The van der Waals surface area contributed by atoms with Crippen LogP contribution < -0.4 is 15.2 Å². The first-order chi connectivity index (χ1) is 8.74. The predicted molar refractivity (Wildman–Crippen MR) is 76.5 cm³/mol. The molecule has 0 radical (unpaired) electrons. The van der Waals surface area contributed by atoms with Gasteiger partial charge >= 0.3 is 0 Å². The SMILES string of the molecule is Cc1c(CCCCN)cc(Br)c2c1OCCCO2. The fraction of sp³-hybridized carbons (Fsp3) is 0.571. The minimum Gasteiger partial charge on any atom is -0.489 e. The highest BCUT2D eigenvalue weighted by Gasteiger charge is 2.19. The third-order valence-electron chi connectivity index (χ3n) is 3.23. The van der Waals surface area contributed by atoms with Crippen LogP contribution in [0.2, 0.25) is 0 Å². The summed E-state index contributed by atoms with van der Waals surface area (Å²) in [6.45, 7) is 4.31. The fourth-order valence-corrected chi connectivity index (χ4v) is 2.76. The van der Waals surface area contributed by atoms with E-state index in [1.54, 1.807) is 0 Å². The van der Waals surface area contributed by atoms with Crippen LogP contribution >= 0.6 is 15.9 Å². The Labute approximate surface area is 117 Å². The second-order valence-corrected chi connectivity index (χ2v) is 5.45. The number of rotatable bonds is 4. The number of aryl methyl sites for hydroxylation is 1. The van der Waals surface area contributed by atoms with Crippen LogP contribution in [0.5, 0.6) is 11.5 Å². The highest BCUT2D eigenvalue weighted by atomic mass is 79.9. The van der Waals surface area contributed by atoms with Crippen molar-refractivity contribution in [2.75, 3.05) is 19.8 Å². The molecule has 100 valence electrons. The summed E-state index contributed by atoms with van der Waals surface area (Å²) >= 11 is 3.58. The molecular formula is C14H20BrNO2. The molecule has 2 rings (SSSR count). The van der Waals surface area contributed by atoms with Gasteiger partial charge in [0.25, 0.3) is 0 Å². The van der Waals surface area contributed by atoms with Crippen molar-refractivity contribution in [3.05, 3.63) is 21.7 Å². The average Bonchev–Trinajstić information content (AvgIpc) is 2.61. The number of hydrogen-bond donors (Lipinski definition) is 1. The van der Waals surface area contributed by atoms with E-state index in [9.17, 15) is 0 Å². The van der Waals surface area contributed by atoms with E-state index in [1.807, 2.05) is 0 Å². The van der Waals surface area contributed by atoms with Gasteiger partial charge in [0, 0.05) is 6.42 Å². The molecule has 1 aliphatic rings. The van der Waals surface area contributed by atoms with E-state index < -0.39 is 0 Å². The maximum absolute atomic E-state index is 5.83. The third-order valence-corrected chi connectivity index (χ3v) is 3.82. The molecule has 0 unspecified atom stereocenters. The van der Waals surface area contributed by atoms with Crippen LogP contribution in [0, 0.1) is 6.92 Å². The summed E-state index contributed by atoms with van der Waals surface area (Å²) < 4.78 is 12.6. The Balaban J connectivity index is 2.27. The monoisotopic (exact) mass is 313 g/mol. The number of nitrogens with two attached hydrogens (primary N) is 1. The van der Waals surface area contributed by atoms with Crippen molar-refractivity contribution in [3.63, 3.8) is 0 Å². The summed E-state index contributed by atoms with van der Waals surface area (Å²) in [6.07, 6.45) is 4.15. The number of unbranched alkanes of at least 4 members (excludes halogenated alkanes) is 1. The Morgan fingerprint density at radius 2 is 1.94 bits per heavy atom. The standard InChI is InChI=1S/C14H20BrNO2/c1-10-11(5-2-3-6-16)9-12(15)14-13(10)17-7-4-8-18-14/h9H,2-8,16H2,1H3. The van der Waals surface area contributed by atoms with Crippen LogP contribution in [0.25, 0.3) is 0 Å². The zero-order valence-corrected chi connectivity index (χ0v) is 12.4. The molecule has 0 saturated heterocycles. The zero-order chi connectivity index (χ0) is 13.0. The Bertz CT molecular complexity index is 421. The van der Waals surface area contributed by atoms with E-state index >= 15 is 0 Å². The molecule has 0 aromatic heterocycles. The second kappa shape index (κ2) is 6.43. The minimum absolute atomic E-state index is 0.720. The highest BCUT2D eigenvalue weighted by Crippen LogP contribution is 2.41. The summed E-state index contributed by atoms with van der Waals surface area (Å²) in [6, 6.07) is 2.15. The molecule has 0 amide bonds. The molecule has 0 bridgehead atoms. The van der Waals surface area contributed by atoms with Crippen molar-refractivity contribution in [2.24, 2.45) is 5.73 Å². The van der Waals surface area contributed by atoms with Crippen molar-refractivity contribution in [3.8, 4) is 11.5 Å². The molecule has 0 spiro atoms. The molecule has 18 heavy (non-hydrogen) atoms. The Morgan fingerprint density at radius 1 is 1.22 bits per heavy atom. The van der Waals surface area contributed by atoms with Gasteiger partial charge in [0.2, 0.25) is 0 Å². The maximum atomic E-state index is 5.83. The number of fused-ring (bicyclic) bond motifs is 1. The molecule has 4 heteroatoms. The molecule has 1 aliphatic heterocycles. The molecule has 1 aromatic rings. The number of hydrogen-bond acceptors (Lipinski definition) is 3. The molecule has 2 N–H and O–H groups in total. The van der Waals surface area contributed by atoms with E-state index in [4.69, 9.17) is 15.2 Å². The molecule has 3 nitrogen and oxygen atoms in total. The van der Waals surface area contributed by atoms with Crippen LogP contribution in [0.1, 0.15) is 30.4 Å². The first-order valence-electron chi connectivity index (χ1n) is 6.51. The van der Waals surface area contributed by atoms with Gasteiger partial charge < -0.3 is 15.2 Å². The molecule has 1 heterocycles. The molecule has 0 atom stereocenters. The van der Waals surface area contributed by atoms with Gasteiger partial charge in [-0.1, -0.05) is 0 Å². The topological polar surface area (TPSA) is 44.5 Å². The van der Waals surface area contributed by atoms with Crippen LogP contribution in [-0.2, 0) is 6.42 Å². The van der Waals surface area contributed by atoms with Crippen molar-refractivity contribution >= 4 is 15.9 Å². The number of benzene rings is 1. The lowest BCUT2D eigenvalue weighted by molar-refractivity contribution is 0.296. The van der Waals surface area contributed by atoms with Crippen LogP contribution in [-0.4, -0.2) is 19.8 Å². The van der Waals surface area contributed by atoms with Crippen molar-refractivity contribution in [2.45, 2.75) is 32.6 Å². The summed E-state index contributed by atoms with van der Waals surface area (Å²) in [5.74, 6) is 1.76. The molecular weight excluding hydrogens is 294 g/mol. The lowest BCUT2D eigenvalue weighted by Crippen LogP contribution is -2.02. The van der Waals surface area contributed by atoms with Crippen LogP contribution in [0.15, 0.2) is 10.5 Å². The first kappa shape index (κ1) is 13.7. The van der Waals surface area contributed by atoms with E-state index in [1.165, 1.54) is 11.1 Å². The molecule has 0 saturated carbocycles.